The number of para-hydroxylation sites is 1. The molecule has 0 saturated heterocycles. The summed E-state index contributed by atoms with van der Waals surface area (Å²) < 4.78 is 0. The van der Waals surface area contributed by atoms with Gasteiger partial charge in [-0.15, -0.1) is 0 Å². The Labute approximate surface area is 86.2 Å². The summed E-state index contributed by atoms with van der Waals surface area (Å²) in [5.41, 5.74) is 1.01. The van der Waals surface area contributed by atoms with Crippen molar-refractivity contribution in [2.24, 2.45) is 4.99 Å². The van der Waals surface area contributed by atoms with Gasteiger partial charge >= 0.3 is 0 Å². The molecule has 0 aliphatic rings. The molecule has 0 aliphatic carbocycles. The molecular formula is C13H17N. The van der Waals surface area contributed by atoms with Gasteiger partial charge in [-0.05, 0) is 24.6 Å². The largest absolute Gasteiger partial charge is 0.257 e. The number of rotatable bonds is 5. The summed E-state index contributed by atoms with van der Waals surface area (Å²) in [6.07, 6.45) is 9.69. The van der Waals surface area contributed by atoms with Crippen LogP contribution in [0.1, 0.15) is 26.2 Å². The molecule has 0 heterocycles. The summed E-state index contributed by atoms with van der Waals surface area (Å²) in [5, 5.41) is 0. The fourth-order valence-corrected chi connectivity index (χ4v) is 1.12. The van der Waals surface area contributed by atoms with Gasteiger partial charge in [-0.3, -0.25) is 4.99 Å². The van der Waals surface area contributed by atoms with E-state index in [1.807, 2.05) is 42.6 Å². The lowest BCUT2D eigenvalue weighted by molar-refractivity contribution is 0.815. The second-order valence-corrected chi connectivity index (χ2v) is 3.18. The number of aliphatic imine (C=N–C) groups is 1. The molecular weight excluding hydrogens is 170 g/mol. The SMILES string of the molecule is CCCC/C=C/C=Nc1ccccc1. The molecule has 0 bridgehead atoms. The molecule has 0 aliphatic heterocycles. The molecule has 0 saturated carbocycles. The number of allylic oxidation sites excluding steroid dienone is 2. The maximum absolute atomic E-state index is 4.29. The van der Waals surface area contributed by atoms with Crippen LogP contribution in [0.4, 0.5) is 5.69 Å². The fraction of sp³-hybridized carbons (Fsp3) is 0.308. The summed E-state index contributed by atoms with van der Waals surface area (Å²) >= 11 is 0. The molecule has 0 aromatic heterocycles. The van der Waals surface area contributed by atoms with Gasteiger partial charge in [0.1, 0.15) is 0 Å². The Morgan fingerprint density at radius 2 is 2.00 bits per heavy atom. The minimum Gasteiger partial charge on any atom is -0.257 e. The molecule has 0 amide bonds. The normalized spacial score (nSPS) is 11.5. The average Bonchev–Trinajstić information content (AvgIpc) is 2.25. The first-order chi connectivity index (χ1) is 6.93. The zero-order valence-corrected chi connectivity index (χ0v) is 8.69. The van der Waals surface area contributed by atoms with Crippen LogP contribution in [0.5, 0.6) is 0 Å². The van der Waals surface area contributed by atoms with E-state index in [1.165, 1.54) is 12.8 Å². The van der Waals surface area contributed by atoms with Crippen molar-refractivity contribution in [2.45, 2.75) is 26.2 Å². The molecule has 74 valence electrons. The summed E-state index contributed by atoms with van der Waals surface area (Å²) in [7, 11) is 0. The Balaban J connectivity index is 2.31. The lowest BCUT2D eigenvalue weighted by atomic mass is 10.2. The monoisotopic (exact) mass is 187 g/mol. The van der Waals surface area contributed by atoms with Gasteiger partial charge in [0.2, 0.25) is 0 Å². The number of hydrogen-bond donors (Lipinski definition) is 0. The second kappa shape index (κ2) is 7.07. The Hall–Kier alpha value is -1.37. The first-order valence-electron chi connectivity index (χ1n) is 5.17. The summed E-state index contributed by atoms with van der Waals surface area (Å²) in [5.74, 6) is 0. The molecule has 0 radical (unpaired) electrons. The molecule has 0 N–H and O–H groups in total. The van der Waals surface area contributed by atoms with Crippen LogP contribution in [0, 0.1) is 0 Å². The van der Waals surface area contributed by atoms with Gasteiger partial charge in [-0.2, -0.15) is 0 Å². The third kappa shape index (κ3) is 4.61. The van der Waals surface area contributed by atoms with E-state index in [1.54, 1.807) is 0 Å². The highest BCUT2D eigenvalue weighted by Gasteiger charge is 1.80. The minimum absolute atomic E-state index is 1.01. The Morgan fingerprint density at radius 3 is 2.71 bits per heavy atom. The highest BCUT2D eigenvalue weighted by Crippen LogP contribution is 2.08. The van der Waals surface area contributed by atoms with Crippen LogP contribution in [0.25, 0.3) is 0 Å². The van der Waals surface area contributed by atoms with Crippen molar-refractivity contribution in [2.75, 3.05) is 0 Å². The van der Waals surface area contributed by atoms with Crippen molar-refractivity contribution in [3.05, 3.63) is 42.5 Å². The predicted molar refractivity (Wildman–Crippen MR) is 63.3 cm³/mol. The van der Waals surface area contributed by atoms with E-state index in [9.17, 15) is 0 Å². The Bertz CT molecular complexity index is 285. The summed E-state index contributed by atoms with van der Waals surface area (Å²) in [6.45, 7) is 2.20. The summed E-state index contributed by atoms with van der Waals surface area (Å²) in [6, 6.07) is 9.98. The first-order valence-corrected chi connectivity index (χ1v) is 5.17. The van der Waals surface area contributed by atoms with E-state index in [2.05, 4.69) is 18.0 Å². The molecule has 0 spiro atoms. The first kappa shape index (κ1) is 10.7. The van der Waals surface area contributed by atoms with E-state index in [0.29, 0.717) is 0 Å². The molecule has 14 heavy (non-hydrogen) atoms. The Morgan fingerprint density at radius 1 is 1.21 bits per heavy atom. The van der Waals surface area contributed by atoms with Crippen LogP contribution < -0.4 is 0 Å². The molecule has 0 fully saturated rings. The Kier molecular flexibility index (Phi) is 5.41. The maximum atomic E-state index is 4.29. The number of benzene rings is 1. The lowest BCUT2D eigenvalue weighted by Gasteiger charge is -1.89. The van der Waals surface area contributed by atoms with Crippen molar-refractivity contribution in [3.8, 4) is 0 Å². The van der Waals surface area contributed by atoms with Crippen LogP contribution in [0.2, 0.25) is 0 Å². The minimum atomic E-state index is 1.01. The third-order valence-electron chi connectivity index (χ3n) is 1.93. The van der Waals surface area contributed by atoms with E-state index < -0.39 is 0 Å². The molecule has 1 aromatic rings. The van der Waals surface area contributed by atoms with Gasteiger partial charge in [0.25, 0.3) is 0 Å². The molecule has 0 atom stereocenters. The van der Waals surface area contributed by atoms with Crippen molar-refractivity contribution >= 4 is 11.9 Å². The lowest BCUT2D eigenvalue weighted by Crippen LogP contribution is -1.69. The van der Waals surface area contributed by atoms with Crippen LogP contribution in [-0.4, -0.2) is 6.21 Å². The molecule has 1 rings (SSSR count). The molecule has 1 heteroatoms. The number of nitrogens with zero attached hydrogens (tertiary/aromatic N) is 1. The van der Waals surface area contributed by atoms with Crippen molar-refractivity contribution in [1.29, 1.82) is 0 Å². The van der Waals surface area contributed by atoms with E-state index in [0.717, 1.165) is 12.1 Å². The fourth-order valence-electron chi connectivity index (χ4n) is 1.12. The van der Waals surface area contributed by atoms with Gasteiger partial charge in [-0.1, -0.05) is 44.0 Å². The zero-order valence-electron chi connectivity index (χ0n) is 8.69. The highest BCUT2D eigenvalue weighted by atomic mass is 14.7. The highest BCUT2D eigenvalue weighted by molar-refractivity contribution is 5.74. The van der Waals surface area contributed by atoms with Crippen LogP contribution >= 0.6 is 0 Å². The standard InChI is InChI=1S/C13H17N/c1-2-3-4-5-9-12-14-13-10-7-6-8-11-13/h5-12H,2-4H2,1H3/b9-5+,14-12?. The average molecular weight is 187 g/mol. The van der Waals surface area contributed by atoms with Gasteiger partial charge in [-0.25, -0.2) is 0 Å². The topological polar surface area (TPSA) is 12.4 Å². The molecule has 0 unspecified atom stereocenters. The van der Waals surface area contributed by atoms with Gasteiger partial charge < -0.3 is 0 Å². The van der Waals surface area contributed by atoms with Gasteiger partial charge in [0.05, 0.1) is 5.69 Å². The zero-order chi connectivity index (χ0) is 10.1. The quantitative estimate of drug-likeness (QED) is 0.485. The van der Waals surface area contributed by atoms with E-state index in [-0.39, 0.29) is 0 Å². The smallest absolute Gasteiger partial charge is 0.0629 e. The molecule has 1 aromatic carbocycles. The van der Waals surface area contributed by atoms with Crippen LogP contribution in [0.3, 0.4) is 0 Å². The van der Waals surface area contributed by atoms with E-state index >= 15 is 0 Å². The van der Waals surface area contributed by atoms with Gasteiger partial charge in [0.15, 0.2) is 0 Å². The molecule has 1 nitrogen and oxygen atoms in total. The second-order valence-electron chi connectivity index (χ2n) is 3.18. The predicted octanol–water partition coefficient (Wildman–Crippen LogP) is 4.14. The summed E-state index contributed by atoms with van der Waals surface area (Å²) in [4.78, 5) is 4.29. The van der Waals surface area contributed by atoms with E-state index in [4.69, 9.17) is 0 Å². The number of unbranched alkanes of at least 4 members (excludes halogenated alkanes) is 2. The maximum Gasteiger partial charge on any atom is 0.0629 e. The van der Waals surface area contributed by atoms with Crippen molar-refractivity contribution in [1.82, 2.24) is 0 Å². The van der Waals surface area contributed by atoms with Crippen molar-refractivity contribution in [3.63, 3.8) is 0 Å². The van der Waals surface area contributed by atoms with Crippen LogP contribution in [-0.2, 0) is 0 Å². The third-order valence-corrected chi connectivity index (χ3v) is 1.93. The van der Waals surface area contributed by atoms with Crippen molar-refractivity contribution < 1.29 is 0 Å². The van der Waals surface area contributed by atoms with Crippen LogP contribution in [0.15, 0.2) is 47.5 Å². The number of hydrogen-bond acceptors (Lipinski definition) is 1. The van der Waals surface area contributed by atoms with Gasteiger partial charge in [0, 0.05) is 6.21 Å².